The maximum absolute atomic E-state index is 6.19. The van der Waals surface area contributed by atoms with E-state index in [0.29, 0.717) is 18.1 Å². The van der Waals surface area contributed by atoms with Crippen LogP contribution >= 0.6 is 39.1 Å². The number of ether oxygens (including phenoxy) is 1. The first-order valence-electron chi connectivity index (χ1n) is 6.08. The van der Waals surface area contributed by atoms with Gasteiger partial charge in [-0.25, -0.2) is 0 Å². The smallest absolute Gasteiger partial charge is 0.124 e. The zero-order chi connectivity index (χ0) is 14.5. The van der Waals surface area contributed by atoms with E-state index in [1.54, 1.807) is 7.11 Å². The van der Waals surface area contributed by atoms with Crippen molar-refractivity contribution in [2.45, 2.75) is 13.1 Å². The van der Waals surface area contributed by atoms with Gasteiger partial charge in [0.1, 0.15) is 5.75 Å². The highest BCUT2D eigenvalue weighted by Crippen LogP contribution is 2.26. The fourth-order valence-electron chi connectivity index (χ4n) is 1.89. The van der Waals surface area contributed by atoms with E-state index in [1.807, 2.05) is 36.4 Å². The molecular weight excluding hydrogens is 361 g/mol. The normalized spacial score (nSPS) is 10.6. The predicted molar refractivity (Wildman–Crippen MR) is 87.7 cm³/mol. The summed E-state index contributed by atoms with van der Waals surface area (Å²) >= 11 is 15.8. The van der Waals surface area contributed by atoms with E-state index in [4.69, 9.17) is 27.9 Å². The molecule has 0 atom stereocenters. The molecule has 0 spiro atoms. The molecule has 2 nitrogen and oxygen atoms in total. The number of benzene rings is 2. The summed E-state index contributed by atoms with van der Waals surface area (Å²) in [5.74, 6) is 0.784. The minimum absolute atomic E-state index is 0.620. The first-order chi connectivity index (χ1) is 9.61. The van der Waals surface area contributed by atoms with Crippen LogP contribution in [0.4, 0.5) is 0 Å². The number of nitrogens with one attached hydrogen (secondary N) is 1. The van der Waals surface area contributed by atoms with Gasteiger partial charge >= 0.3 is 0 Å². The molecule has 0 saturated heterocycles. The van der Waals surface area contributed by atoms with E-state index in [1.165, 1.54) is 0 Å². The van der Waals surface area contributed by atoms with Gasteiger partial charge in [0.2, 0.25) is 0 Å². The minimum Gasteiger partial charge on any atom is -0.496 e. The van der Waals surface area contributed by atoms with Gasteiger partial charge in [0.15, 0.2) is 0 Å². The maximum atomic E-state index is 6.19. The van der Waals surface area contributed by atoms with E-state index in [9.17, 15) is 0 Å². The van der Waals surface area contributed by atoms with Crippen LogP contribution in [-0.2, 0) is 13.1 Å². The van der Waals surface area contributed by atoms with Crippen molar-refractivity contribution in [3.8, 4) is 5.75 Å². The third-order valence-corrected chi connectivity index (χ3v) is 4.13. The van der Waals surface area contributed by atoms with E-state index in [-0.39, 0.29) is 0 Å². The van der Waals surface area contributed by atoms with E-state index in [0.717, 1.165) is 26.4 Å². The summed E-state index contributed by atoms with van der Waals surface area (Å²) in [6.45, 7) is 1.29. The predicted octanol–water partition coefficient (Wildman–Crippen LogP) is 5.05. The summed E-state index contributed by atoms with van der Waals surface area (Å²) in [6, 6.07) is 11.5. The van der Waals surface area contributed by atoms with E-state index >= 15 is 0 Å². The molecule has 0 aromatic heterocycles. The topological polar surface area (TPSA) is 21.3 Å². The molecule has 1 N–H and O–H groups in total. The molecule has 20 heavy (non-hydrogen) atoms. The standard InChI is InChI=1S/C15H14BrCl2NO/c1-20-15-4-2-3-13(17)12(15)9-19-8-10-5-6-11(16)7-14(10)18/h2-7,19H,8-9H2,1H3. The van der Waals surface area contributed by atoms with Crippen LogP contribution in [0, 0.1) is 0 Å². The van der Waals surface area contributed by atoms with Crippen LogP contribution in [0.1, 0.15) is 11.1 Å². The molecular formula is C15H14BrCl2NO. The Morgan fingerprint density at radius 1 is 1.10 bits per heavy atom. The highest BCUT2D eigenvalue weighted by atomic mass is 79.9. The summed E-state index contributed by atoms with van der Waals surface area (Å²) in [7, 11) is 1.64. The van der Waals surface area contributed by atoms with Crippen molar-refractivity contribution in [3.05, 3.63) is 62.0 Å². The Balaban J connectivity index is 2.03. The van der Waals surface area contributed by atoms with Gasteiger partial charge in [-0.1, -0.05) is 51.3 Å². The first kappa shape index (κ1) is 15.6. The zero-order valence-corrected chi connectivity index (χ0v) is 14.0. The summed E-state index contributed by atoms with van der Waals surface area (Å²) in [6.07, 6.45) is 0. The quantitative estimate of drug-likeness (QED) is 0.790. The first-order valence-corrected chi connectivity index (χ1v) is 7.62. The zero-order valence-electron chi connectivity index (χ0n) is 10.9. The van der Waals surface area contributed by atoms with Crippen molar-refractivity contribution >= 4 is 39.1 Å². The average Bonchev–Trinajstić information content (AvgIpc) is 2.42. The van der Waals surface area contributed by atoms with Crippen molar-refractivity contribution in [2.24, 2.45) is 0 Å². The molecule has 0 unspecified atom stereocenters. The summed E-state index contributed by atoms with van der Waals surface area (Å²) in [4.78, 5) is 0. The van der Waals surface area contributed by atoms with E-state index < -0.39 is 0 Å². The summed E-state index contributed by atoms with van der Waals surface area (Å²) in [5.41, 5.74) is 1.99. The molecule has 0 aliphatic heterocycles. The minimum atomic E-state index is 0.620. The summed E-state index contributed by atoms with van der Waals surface area (Å²) in [5, 5.41) is 4.76. The Morgan fingerprint density at radius 3 is 2.60 bits per heavy atom. The van der Waals surface area contributed by atoms with Crippen molar-refractivity contribution in [1.29, 1.82) is 0 Å². The lowest BCUT2D eigenvalue weighted by atomic mass is 10.2. The van der Waals surface area contributed by atoms with Crippen LogP contribution in [0.5, 0.6) is 5.75 Å². The van der Waals surface area contributed by atoms with Crippen LogP contribution in [0.2, 0.25) is 10.0 Å². The van der Waals surface area contributed by atoms with Gasteiger partial charge < -0.3 is 10.1 Å². The fourth-order valence-corrected chi connectivity index (χ4v) is 2.86. The molecule has 0 bridgehead atoms. The van der Waals surface area contributed by atoms with E-state index in [2.05, 4.69) is 21.2 Å². The number of halogens is 3. The van der Waals surface area contributed by atoms with Crippen LogP contribution in [0.3, 0.4) is 0 Å². The van der Waals surface area contributed by atoms with Gasteiger partial charge in [-0.3, -0.25) is 0 Å². The number of hydrogen-bond donors (Lipinski definition) is 1. The third-order valence-electron chi connectivity index (χ3n) is 2.93. The number of rotatable bonds is 5. The molecule has 0 heterocycles. The van der Waals surface area contributed by atoms with Gasteiger partial charge in [0.25, 0.3) is 0 Å². The molecule has 0 fully saturated rings. The second-order valence-corrected chi connectivity index (χ2v) is 5.99. The highest BCUT2D eigenvalue weighted by molar-refractivity contribution is 9.10. The largest absolute Gasteiger partial charge is 0.496 e. The molecule has 2 rings (SSSR count). The molecule has 0 aliphatic rings. The Bertz CT molecular complexity index is 604. The van der Waals surface area contributed by atoms with Crippen LogP contribution in [0.15, 0.2) is 40.9 Å². The number of methoxy groups -OCH3 is 1. The Labute approximate surface area is 137 Å². The second-order valence-electron chi connectivity index (χ2n) is 4.26. The summed E-state index contributed by atoms with van der Waals surface area (Å²) < 4.78 is 6.28. The average molecular weight is 375 g/mol. The lowest BCUT2D eigenvalue weighted by Gasteiger charge is -2.12. The molecule has 0 amide bonds. The maximum Gasteiger partial charge on any atom is 0.124 e. The van der Waals surface area contributed by atoms with Crippen LogP contribution in [0.25, 0.3) is 0 Å². The van der Waals surface area contributed by atoms with Crippen molar-refractivity contribution in [1.82, 2.24) is 5.32 Å². The monoisotopic (exact) mass is 373 g/mol. The van der Waals surface area contributed by atoms with Crippen LogP contribution < -0.4 is 10.1 Å². The third kappa shape index (κ3) is 3.89. The van der Waals surface area contributed by atoms with Crippen LogP contribution in [-0.4, -0.2) is 7.11 Å². The van der Waals surface area contributed by atoms with Gasteiger partial charge in [0, 0.05) is 33.2 Å². The molecule has 2 aromatic rings. The lowest BCUT2D eigenvalue weighted by Crippen LogP contribution is -2.14. The molecule has 0 aliphatic carbocycles. The Hall–Kier alpha value is -0.740. The van der Waals surface area contributed by atoms with Gasteiger partial charge in [-0.05, 0) is 29.8 Å². The molecule has 0 radical (unpaired) electrons. The lowest BCUT2D eigenvalue weighted by molar-refractivity contribution is 0.407. The highest BCUT2D eigenvalue weighted by Gasteiger charge is 2.07. The molecule has 0 saturated carbocycles. The molecule has 5 heteroatoms. The van der Waals surface area contributed by atoms with Crippen molar-refractivity contribution in [2.75, 3.05) is 7.11 Å². The Morgan fingerprint density at radius 2 is 1.90 bits per heavy atom. The van der Waals surface area contributed by atoms with Crippen molar-refractivity contribution in [3.63, 3.8) is 0 Å². The van der Waals surface area contributed by atoms with Gasteiger partial charge in [-0.15, -0.1) is 0 Å². The molecule has 2 aromatic carbocycles. The fraction of sp³-hybridized carbons (Fsp3) is 0.200. The van der Waals surface area contributed by atoms with Gasteiger partial charge in [-0.2, -0.15) is 0 Å². The molecule has 106 valence electrons. The SMILES string of the molecule is COc1cccc(Cl)c1CNCc1ccc(Br)cc1Cl. The van der Waals surface area contributed by atoms with Crippen molar-refractivity contribution < 1.29 is 4.74 Å². The second kappa shape index (κ2) is 7.32. The van der Waals surface area contributed by atoms with Gasteiger partial charge in [0.05, 0.1) is 7.11 Å². The Kier molecular flexibility index (Phi) is 5.73. The number of hydrogen-bond acceptors (Lipinski definition) is 2.